The number of benzene rings is 2. The lowest BCUT2D eigenvalue weighted by Crippen LogP contribution is -2.33. The summed E-state index contributed by atoms with van der Waals surface area (Å²) in [4.78, 5) is 30.8. The van der Waals surface area contributed by atoms with Gasteiger partial charge in [-0.3, -0.25) is 14.2 Å². The Morgan fingerprint density at radius 1 is 1.16 bits per heavy atom. The standard InChI is InChI=1S/C27H26ClN5O5/c1-17-14-21(6-7-23(17)38-24-10-13-37-32-24)30-27-29-15-22(31-25(34)19-8-11-36-12-9-19)26(35)33(27)16-18-2-4-20(28)5-3-18/h2-7,10,13-15,19H,8-9,11-12,16H2,1H3,(H,29,30)(H,31,34). The van der Waals surface area contributed by atoms with Gasteiger partial charge in [0.25, 0.3) is 11.4 Å². The second-order valence-corrected chi connectivity index (χ2v) is 9.37. The van der Waals surface area contributed by atoms with Crippen LogP contribution in [0, 0.1) is 12.8 Å². The Balaban J connectivity index is 1.42. The number of aryl methyl sites for hydroxylation is 1. The van der Waals surface area contributed by atoms with Gasteiger partial charge in [0.05, 0.1) is 12.7 Å². The third kappa shape index (κ3) is 6.04. The second kappa shape index (κ2) is 11.5. The van der Waals surface area contributed by atoms with Gasteiger partial charge in [0, 0.05) is 35.9 Å². The number of nitrogens with one attached hydrogen (secondary N) is 2. The number of nitrogens with zero attached hydrogens (tertiary/aromatic N) is 3. The van der Waals surface area contributed by atoms with Crippen LogP contribution in [0.5, 0.6) is 11.6 Å². The molecule has 0 spiro atoms. The molecule has 1 aliphatic heterocycles. The molecule has 0 saturated carbocycles. The molecule has 1 aliphatic rings. The molecule has 3 heterocycles. The van der Waals surface area contributed by atoms with Crippen molar-refractivity contribution in [2.75, 3.05) is 23.8 Å². The van der Waals surface area contributed by atoms with E-state index in [4.69, 9.17) is 25.6 Å². The minimum atomic E-state index is -0.374. The predicted octanol–water partition coefficient (Wildman–Crippen LogP) is 5.14. The summed E-state index contributed by atoms with van der Waals surface area (Å²) in [5.74, 6) is 0.877. The number of rotatable bonds is 8. The van der Waals surface area contributed by atoms with Crippen molar-refractivity contribution in [1.82, 2.24) is 14.7 Å². The molecule has 38 heavy (non-hydrogen) atoms. The molecule has 11 heteroatoms. The highest BCUT2D eigenvalue weighted by molar-refractivity contribution is 6.30. The smallest absolute Gasteiger partial charge is 0.279 e. The Bertz CT molecular complexity index is 1460. The average Bonchev–Trinajstić information content (AvgIpc) is 3.44. The van der Waals surface area contributed by atoms with Crippen molar-refractivity contribution in [3.8, 4) is 11.6 Å². The largest absolute Gasteiger partial charge is 0.436 e. The fourth-order valence-corrected chi connectivity index (χ4v) is 4.25. The summed E-state index contributed by atoms with van der Waals surface area (Å²) in [5.41, 5.74) is 2.13. The Morgan fingerprint density at radius 3 is 2.66 bits per heavy atom. The third-order valence-corrected chi connectivity index (χ3v) is 6.46. The van der Waals surface area contributed by atoms with Crippen molar-refractivity contribution in [3.05, 3.63) is 87.5 Å². The van der Waals surface area contributed by atoms with E-state index < -0.39 is 0 Å². The van der Waals surface area contributed by atoms with E-state index in [2.05, 4.69) is 20.8 Å². The molecule has 1 saturated heterocycles. The summed E-state index contributed by atoms with van der Waals surface area (Å²) in [5, 5.41) is 10.4. The highest BCUT2D eigenvalue weighted by Crippen LogP contribution is 2.28. The molecule has 2 aromatic heterocycles. The quantitative estimate of drug-likeness (QED) is 0.318. The summed E-state index contributed by atoms with van der Waals surface area (Å²) >= 11 is 6.04. The molecule has 4 aromatic rings. The molecule has 2 N–H and O–H groups in total. The number of amides is 1. The topological polar surface area (TPSA) is 121 Å². The van der Waals surface area contributed by atoms with E-state index in [0.717, 1.165) is 11.1 Å². The van der Waals surface area contributed by atoms with E-state index in [0.29, 0.717) is 54.3 Å². The number of carbonyl (C=O) groups excluding carboxylic acids is 1. The molecule has 1 fully saturated rings. The molecule has 0 aliphatic carbocycles. The second-order valence-electron chi connectivity index (χ2n) is 8.93. The van der Waals surface area contributed by atoms with Gasteiger partial charge >= 0.3 is 0 Å². The van der Waals surface area contributed by atoms with Gasteiger partial charge in [-0.15, -0.1) is 0 Å². The SMILES string of the molecule is Cc1cc(Nc2ncc(NC(=O)C3CCOCC3)c(=O)n2Cc2ccc(Cl)cc2)ccc1Oc1ccon1. The first-order valence-corrected chi connectivity index (χ1v) is 12.5. The van der Waals surface area contributed by atoms with Crippen molar-refractivity contribution >= 4 is 34.8 Å². The molecular formula is C27H26ClN5O5. The first-order valence-electron chi connectivity index (χ1n) is 12.1. The van der Waals surface area contributed by atoms with E-state index in [1.165, 1.54) is 17.0 Å². The highest BCUT2D eigenvalue weighted by Gasteiger charge is 2.23. The van der Waals surface area contributed by atoms with Crippen LogP contribution >= 0.6 is 11.6 Å². The summed E-state index contributed by atoms with van der Waals surface area (Å²) in [7, 11) is 0. The van der Waals surface area contributed by atoms with Crippen LogP contribution in [0.3, 0.4) is 0 Å². The zero-order chi connectivity index (χ0) is 26.5. The number of ether oxygens (including phenoxy) is 2. The molecule has 196 valence electrons. The number of hydrogen-bond acceptors (Lipinski definition) is 8. The Kier molecular flexibility index (Phi) is 7.71. The van der Waals surface area contributed by atoms with Gasteiger partial charge in [-0.1, -0.05) is 23.7 Å². The van der Waals surface area contributed by atoms with Crippen molar-refractivity contribution < 1.29 is 18.8 Å². The Morgan fingerprint density at radius 2 is 1.95 bits per heavy atom. The maximum Gasteiger partial charge on any atom is 0.279 e. The van der Waals surface area contributed by atoms with Gasteiger partial charge in [-0.05, 0) is 66.4 Å². The highest BCUT2D eigenvalue weighted by atomic mass is 35.5. The zero-order valence-electron chi connectivity index (χ0n) is 20.6. The van der Waals surface area contributed by atoms with Crippen LogP contribution in [0.25, 0.3) is 0 Å². The summed E-state index contributed by atoms with van der Waals surface area (Å²) in [6, 6.07) is 14.3. The van der Waals surface area contributed by atoms with Gasteiger partial charge in [0.2, 0.25) is 11.9 Å². The fourth-order valence-electron chi connectivity index (χ4n) is 4.13. The number of anilines is 3. The maximum absolute atomic E-state index is 13.5. The molecule has 1 amide bonds. The van der Waals surface area contributed by atoms with Crippen LogP contribution in [0.4, 0.5) is 17.3 Å². The monoisotopic (exact) mass is 535 g/mol. The van der Waals surface area contributed by atoms with Crippen LogP contribution in [0.2, 0.25) is 5.02 Å². The fraction of sp³-hybridized carbons (Fsp3) is 0.259. The molecule has 0 bridgehead atoms. The minimum Gasteiger partial charge on any atom is -0.436 e. The van der Waals surface area contributed by atoms with E-state index in [9.17, 15) is 9.59 Å². The summed E-state index contributed by atoms with van der Waals surface area (Å²) < 4.78 is 17.4. The molecule has 0 unspecified atom stereocenters. The van der Waals surface area contributed by atoms with Crippen LogP contribution < -0.4 is 20.9 Å². The molecule has 2 aromatic carbocycles. The molecular weight excluding hydrogens is 510 g/mol. The average molecular weight is 536 g/mol. The van der Waals surface area contributed by atoms with Crippen LogP contribution in [0.15, 0.2) is 70.3 Å². The van der Waals surface area contributed by atoms with Crippen LogP contribution in [0.1, 0.15) is 24.0 Å². The first-order chi connectivity index (χ1) is 18.5. The lowest BCUT2D eigenvalue weighted by Gasteiger charge is -2.21. The summed E-state index contributed by atoms with van der Waals surface area (Å²) in [6.45, 7) is 3.17. The number of carbonyl (C=O) groups is 1. The van der Waals surface area contributed by atoms with Gasteiger partial charge in [0.15, 0.2) is 0 Å². The van der Waals surface area contributed by atoms with Crippen molar-refractivity contribution in [2.24, 2.45) is 5.92 Å². The van der Waals surface area contributed by atoms with E-state index in [1.54, 1.807) is 24.3 Å². The van der Waals surface area contributed by atoms with E-state index in [1.807, 2.05) is 31.2 Å². The first kappa shape index (κ1) is 25.5. The third-order valence-electron chi connectivity index (χ3n) is 6.21. The minimum absolute atomic E-state index is 0.119. The van der Waals surface area contributed by atoms with Crippen molar-refractivity contribution in [3.63, 3.8) is 0 Å². The summed E-state index contributed by atoms with van der Waals surface area (Å²) in [6.07, 6.45) is 4.05. The maximum atomic E-state index is 13.5. The normalized spacial score (nSPS) is 13.7. The van der Waals surface area contributed by atoms with Crippen LogP contribution in [-0.4, -0.2) is 33.8 Å². The van der Waals surface area contributed by atoms with E-state index >= 15 is 0 Å². The van der Waals surface area contributed by atoms with Crippen molar-refractivity contribution in [1.29, 1.82) is 0 Å². The molecule has 0 radical (unpaired) electrons. The van der Waals surface area contributed by atoms with Gasteiger partial charge in [-0.25, -0.2) is 4.98 Å². The van der Waals surface area contributed by atoms with Crippen LogP contribution in [-0.2, 0) is 16.1 Å². The number of aromatic nitrogens is 3. The van der Waals surface area contributed by atoms with Gasteiger partial charge < -0.3 is 24.6 Å². The predicted molar refractivity (Wildman–Crippen MR) is 142 cm³/mol. The van der Waals surface area contributed by atoms with Crippen molar-refractivity contribution in [2.45, 2.75) is 26.3 Å². The number of halogens is 1. The Labute approximate surface area is 223 Å². The zero-order valence-corrected chi connectivity index (χ0v) is 21.4. The van der Waals surface area contributed by atoms with Gasteiger partial charge in [0.1, 0.15) is 17.7 Å². The Hall–Kier alpha value is -4.15. The molecule has 10 nitrogen and oxygen atoms in total. The molecule has 0 atom stereocenters. The lowest BCUT2D eigenvalue weighted by atomic mass is 9.99. The van der Waals surface area contributed by atoms with E-state index in [-0.39, 0.29) is 29.6 Å². The molecule has 5 rings (SSSR count). The lowest BCUT2D eigenvalue weighted by molar-refractivity contribution is -0.122. The van der Waals surface area contributed by atoms with Gasteiger partial charge in [-0.2, -0.15) is 0 Å². The number of hydrogen-bond donors (Lipinski definition) is 2.